The average molecular weight is 254 g/mol. The zero-order chi connectivity index (χ0) is 12.1. The smallest absolute Gasteiger partial charge is 0.216 e. The summed E-state index contributed by atoms with van der Waals surface area (Å²) >= 11 is 1.74. The highest BCUT2D eigenvalue weighted by Crippen LogP contribution is 2.25. The van der Waals surface area contributed by atoms with Crippen molar-refractivity contribution in [1.82, 2.24) is 10.2 Å². The van der Waals surface area contributed by atoms with Crippen LogP contribution in [0.3, 0.4) is 0 Å². The van der Waals surface area contributed by atoms with Crippen molar-refractivity contribution in [2.24, 2.45) is 0 Å². The molecule has 1 aromatic rings. The second-order valence-corrected chi connectivity index (χ2v) is 5.10. The molecule has 1 atom stereocenters. The van der Waals surface area contributed by atoms with E-state index in [0.717, 1.165) is 26.3 Å². The van der Waals surface area contributed by atoms with Gasteiger partial charge in [0.15, 0.2) is 0 Å². The normalized spacial score (nSPS) is 18.9. The Hall–Kier alpha value is -0.910. The maximum absolute atomic E-state index is 11.0. The summed E-state index contributed by atoms with van der Waals surface area (Å²) in [6, 6.07) is 4.47. The summed E-state index contributed by atoms with van der Waals surface area (Å²) in [4.78, 5) is 14.7. The van der Waals surface area contributed by atoms with Crippen LogP contribution in [0.4, 0.5) is 0 Å². The topological polar surface area (TPSA) is 41.6 Å². The number of morpholine rings is 1. The van der Waals surface area contributed by atoms with E-state index in [2.05, 4.69) is 27.7 Å². The lowest BCUT2D eigenvalue weighted by atomic mass is 10.2. The predicted molar refractivity (Wildman–Crippen MR) is 68.1 cm³/mol. The van der Waals surface area contributed by atoms with Crippen LogP contribution in [0.1, 0.15) is 17.8 Å². The molecule has 2 heterocycles. The van der Waals surface area contributed by atoms with E-state index in [1.807, 2.05) is 0 Å². The van der Waals surface area contributed by atoms with Gasteiger partial charge >= 0.3 is 0 Å². The molecular formula is C12H18N2O2S. The highest BCUT2D eigenvalue weighted by Gasteiger charge is 2.23. The summed E-state index contributed by atoms with van der Waals surface area (Å²) in [5, 5.41) is 5.00. The van der Waals surface area contributed by atoms with Crippen LogP contribution < -0.4 is 5.32 Å². The molecule has 0 aliphatic carbocycles. The number of carbonyl (C=O) groups is 1. The number of thiophene rings is 1. The molecule has 1 saturated heterocycles. The van der Waals surface area contributed by atoms with Crippen molar-refractivity contribution in [3.63, 3.8) is 0 Å². The van der Waals surface area contributed by atoms with Crippen molar-refractivity contribution in [3.8, 4) is 0 Å². The second kappa shape index (κ2) is 6.14. The number of hydrogen-bond acceptors (Lipinski definition) is 4. The van der Waals surface area contributed by atoms with Crippen LogP contribution in [0.15, 0.2) is 17.5 Å². The lowest BCUT2D eigenvalue weighted by Crippen LogP contribution is -2.43. The van der Waals surface area contributed by atoms with Crippen molar-refractivity contribution < 1.29 is 9.53 Å². The van der Waals surface area contributed by atoms with Gasteiger partial charge in [-0.3, -0.25) is 9.69 Å². The Balaban J connectivity index is 2.03. The molecule has 1 aliphatic rings. The molecule has 0 bridgehead atoms. The first kappa shape index (κ1) is 12.5. The quantitative estimate of drug-likeness (QED) is 0.879. The fourth-order valence-corrected chi connectivity index (χ4v) is 2.88. The maximum atomic E-state index is 11.0. The van der Waals surface area contributed by atoms with Gasteiger partial charge in [-0.05, 0) is 11.4 Å². The Labute approximate surface area is 106 Å². The molecule has 0 saturated carbocycles. The Kier molecular flexibility index (Phi) is 4.53. The third-order valence-corrected chi connectivity index (χ3v) is 3.88. The number of hydrogen-bond donors (Lipinski definition) is 1. The highest BCUT2D eigenvalue weighted by atomic mass is 32.1. The van der Waals surface area contributed by atoms with E-state index in [1.165, 1.54) is 4.88 Å². The third-order valence-electron chi connectivity index (χ3n) is 2.90. The summed E-state index contributed by atoms with van der Waals surface area (Å²) in [7, 11) is 0. The van der Waals surface area contributed by atoms with Gasteiger partial charge in [0.25, 0.3) is 0 Å². The molecule has 0 spiro atoms. The largest absolute Gasteiger partial charge is 0.379 e. The molecule has 0 aromatic carbocycles. The van der Waals surface area contributed by atoms with Gasteiger partial charge in [0.1, 0.15) is 0 Å². The molecule has 1 N–H and O–H groups in total. The number of nitrogens with one attached hydrogen (secondary N) is 1. The van der Waals surface area contributed by atoms with Crippen LogP contribution in [-0.4, -0.2) is 43.7 Å². The van der Waals surface area contributed by atoms with Crippen molar-refractivity contribution in [1.29, 1.82) is 0 Å². The number of ether oxygens (including phenoxy) is 1. The van der Waals surface area contributed by atoms with E-state index in [9.17, 15) is 4.79 Å². The van der Waals surface area contributed by atoms with E-state index in [-0.39, 0.29) is 11.9 Å². The van der Waals surface area contributed by atoms with Gasteiger partial charge in [0.05, 0.1) is 19.3 Å². The molecule has 1 fully saturated rings. The fraction of sp³-hybridized carbons (Fsp3) is 0.583. The number of nitrogens with zero attached hydrogens (tertiary/aromatic N) is 1. The van der Waals surface area contributed by atoms with E-state index in [4.69, 9.17) is 4.74 Å². The summed E-state index contributed by atoms with van der Waals surface area (Å²) in [6.45, 7) is 5.66. The van der Waals surface area contributed by atoms with Crippen LogP contribution in [0.2, 0.25) is 0 Å². The molecular weight excluding hydrogens is 236 g/mol. The van der Waals surface area contributed by atoms with Gasteiger partial charge < -0.3 is 10.1 Å². The predicted octanol–water partition coefficient (Wildman–Crippen LogP) is 1.26. The number of rotatable bonds is 4. The minimum atomic E-state index is 0.0276. The maximum Gasteiger partial charge on any atom is 0.216 e. The van der Waals surface area contributed by atoms with E-state index in [1.54, 1.807) is 18.3 Å². The van der Waals surface area contributed by atoms with E-state index in [0.29, 0.717) is 6.54 Å². The molecule has 94 valence electrons. The fourth-order valence-electron chi connectivity index (χ4n) is 2.02. The van der Waals surface area contributed by atoms with Crippen LogP contribution in [0.25, 0.3) is 0 Å². The van der Waals surface area contributed by atoms with Gasteiger partial charge in [0.2, 0.25) is 5.91 Å². The number of amides is 1. The Morgan fingerprint density at radius 3 is 2.94 bits per heavy atom. The molecule has 1 amide bonds. The van der Waals surface area contributed by atoms with Gasteiger partial charge in [-0.25, -0.2) is 0 Å². The van der Waals surface area contributed by atoms with Gasteiger partial charge in [0, 0.05) is 31.4 Å². The highest BCUT2D eigenvalue weighted by molar-refractivity contribution is 7.10. The minimum Gasteiger partial charge on any atom is -0.379 e. The first-order valence-corrected chi connectivity index (χ1v) is 6.75. The molecule has 1 aliphatic heterocycles. The summed E-state index contributed by atoms with van der Waals surface area (Å²) < 4.78 is 5.37. The molecule has 4 nitrogen and oxygen atoms in total. The molecule has 2 rings (SSSR count). The average Bonchev–Trinajstić information content (AvgIpc) is 2.84. The van der Waals surface area contributed by atoms with Crippen LogP contribution in [0, 0.1) is 0 Å². The molecule has 0 radical (unpaired) electrons. The van der Waals surface area contributed by atoms with Crippen molar-refractivity contribution in [3.05, 3.63) is 22.4 Å². The van der Waals surface area contributed by atoms with Crippen LogP contribution in [-0.2, 0) is 9.53 Å². The first-order valence-electron chi connectivity index (χ1n) is 5.87. The Morgan fingerprint density at radius 2 is 2.35 bits per heavy atom. The van der Waals surface area contributed by atoms with Gasteiger partial charge in [-0.2, -0.15) is 0 Å². The lowest BCUT2D eigenvalue weighted by molar-refractivity contribution is -0.119. The standard InChI is InChI=1S/C12H18N2O2S/c1-10(15)13-9-11(12-3-2-8-17-12)14-4-6-16-7-5-14/h2-3,8,11H,4-7,9H2,1H3,(H,13,15)/t11-/m1/s1. The zero-order valence-corrected chi connectivity index (χ0v) is 10.8. The Morgan fingerprint density at radius 1 is 1.59 bits per heavy atom. The Bertz CT molecular complexity index is 347. The van der Waals surface area contributed by atoms with Gasteiger partial charge in [-0.15, -0.1) is 11.3 Å². The SMILES string of the molecule is CC(=O)NC[C@H](c1cccs1)N1CCOCC1. The number of carbonyl (C=O) groups excluding carboxylic acids is 1. The minimum absolute atomic E-state index is 0.0276. The van der Waals surface area contributed by atoms with Crippen LogP contribution >= 0.6 is 11.3 Å². The van der Waals surface area contributed by atoms with Crippen molar-refractivity contribution in [2.45, 2.75) is 13.0 Å². The molecule has 17 heavy (non-hydrogen) atoms. The van der Waals surface area contributed by atoms with E-state index >= 15 is 0 Å². The summed E-state index contributed by atoms with van der Waals surface area (Å²) in [6.07, 6.45) is 0. The lowest BCUT2D eigenvalue weighted by Gasteiger charge is -2.34. The third kappa shape index (κ3) is 3.52. The van der Waals surface area contributed by atoms with E-state index < -0.39 is 0 Å². The second-order valence-electron chi connectivity index (χ2n) is 4.12. The van der Waals surface area contributed by atoms with Gasteiger partial charge in [-0.1, -0.05) is 6.07 Å². The molecule has 1 aromatic heterocycles. The monoisotopic (exact) mass is 254 g/mol. The summed E-state index contributed by atoms with van der Waals surface area (Å²) in [5.74, 6) is 0.0276. The first-order chi connectivity index (χ1) is 8.27. The van der Waals surface area contributed by atoms with Crippen LogP contribution in [0.5, 0.6) is 0 Å². The molecule has 5 heteroatoms. The van der Waals surface area contributed by atoms with Crippen molar-refractivity contribution in [2.75, 3.05) is 32.8 Å². The zero-order valence-electron chi connectivity index (χ0n) is 10.0. The summed E-state index contributed by atoms with van der Waals surface area (Å²) in [5.41, 5.74) is 0. The molecule has 0 unspecified atom stereocenters. The van der Waals surface area contributed by atoms with Crippen molar-refractivity contribution >= 4 is 17.2 Å².